The number of nitro benzene ring substituents is 1. The maximum atomic E-state index is 13.2. The number of hydrogen-bond donors (Lipinski definition) is 1. The quantitative estimate of drug-likeness (QED) is 0.316. The van der Waals surface area contributed by atoms with Crippen molar-refractivity contribution in [2.24, 2.45) is 0 Å². The summed E-state index contributed by atoms with van der Waals surface area (Å²) in [6, 6.07) is 12.3. The summed E-state index contributed by atoms with van der Waals surface area (Å²) in [5, 5.41) is 18.5. The highest BCUT2D eigenvalue weighted by Gasteiger charge is 2.26. The van der Waals surface area contributed by atoms with E-state index in [0.717, 1.165) is 17.4 Å². The van der Waals surface area contributed by atoms with Crippen molar-refractivity contribution in [1.29, 1.82) is 0 Å². The lowest BCUT2D eigenvalue weighted by Crippen LogP contribution is -2.42. The summed E-state index contributed by atoms with van der Waals surface area (Å²) in [6.07, 6.45) is 0. The molecule has 1 aromatic heterocycles. The van der Waals surface area contributed by atoms with Crippen LogP contribution in [0.2, 0.25) is 5.02 Å². The molecule has 0 unspecified atom stereocenters. The molecule has 10 nitrogen and oxygen atoms in total. The van der Waals surface area contributed by atoms with Gasteiger partial charge in [-0.3, -0.25) is 19.7 Å². The van der Waals surface area contributed by atoms with Gasteiger partial charge in [0.25, 0.3) is 11.6 Å². The van der Waals surface area contributed by atoms with E-state index >= 15 is 0 Å². The summed E-state index contributed by atoms with van der Waals surface area (Å²) >= 11 is 6.17. The van der Waals surface area contributed by atoms with Crippen LogP contribution in [0.5, 0.6) is 5.75 Å². The van der Waals surface area contributed by atoms with Crippen LogP contribution in [0.4, 0.5) is 11.5 Å². The minimum atomic E-state index is -0.592. The molecule has 1 N–H and O–H groups in total. The van der Waals surface area contributed by atoms with Gasteiger partial charge in [-0.05, 0) is 44.2 Å². The van der Waals surface area contributed by atoms with Crippen LogP contribution in [0, 0.1) is 10.1 Å². The molecule has 3 aromatic rings. The molecular formula is C26H30ClN5O5. The van der Waals surface area contributed by atoms with Gasteiger partial charge in [0.2, 0.25) is 5.91 Å². The van der Waals surface area contributed by atoms with Gasteiger partial charge < -0.3 is 15.0 Å². The molecule has 0 saturated heterocycles. The first-order chi connectivity index (χ1) is 17.3. The van der Waals surface area contributed by atoms with Crippen molar-refractivity contribution in [3.05, 3.63) is 74.9 Å². The van der Waals surface area contributed by atoms with E-state index in [1.165, 1.54) is 17.0 Å². The predicted octanol–water partition coefficient (Wildman–Crippen LogP) is 5.23. The molecule has 0 spiro atoms. The van der Waals surface area contributed by atoms with Gasteiger partial charge in [0.1, 0.15) is 18.1 Å². The zero-order valence-corrected chi connectivity index (χ0v) is 22.4. The number of methoxy groups -OCH3 is 1. The average molecular weight is 528 g/mol. The Labute approximate surface area is 220 Å². The molecule has 37 heavy (non-hydrogen) atoms. The van der Waals surface area contributed by atoms with Gasteiger partial charge in [-0.15, -0.1) is 0 Å². The van der Waals surface area contributed by atoms with Gasteiger partial charge in [0.05, 0.1) is 34.0 Å². The van der Waals surface area contributed by atoms with E-state index in [2.05, 4.69) is 5.32 Å². The molecule has 11 heteroatoms. The minimum absolute atomic E-state index is 0.0577. The van der Waals surface area contributed by atoms with Gasteiger partial charge in [0.15, 0.2) is 0 Å². The van der Waals surface area contributed by atoms with E-state index in [1.807, 2.05) is 32.9 Å². The number of aromatic nitrogens is 2. The van der Waals surface area contributed by atoms with Crippen LogP contribution < -0.4 is 10.1 Å². The van der Waals surface area contributed by atoms with E-state index in [-0.39, 0.29) is 34.3 Å². The molecule has 1 heterocycles. The highest BCUT2D eigenvalue weighted by atomic mass is 35.5. The second kappa shape index (κ2) is 11.0. The molecule has 0 aliphatic heterocycles. The monoisotopic (exact) mass is 527 g/mol. The van der Waals surface area contributed by atoms with Gasteiger partial charge in [-0.2, -0.15) is 5.10 Å². The van der Waals surface area contributed by atoms with Crippen LogP contribution in [-0.2, 0) is 10.2 Å². The number of amides is 2. The third kappa shape index (κ3) is 6.45. The number of anilines is 1. The Morgan fingerprint density at radius 3 is 2.32 bits per heavy atom. The van der Waals surface area contributed by atoms with E-state index in [9.17, 15) is 19.7 Å². The second-order valence-electron chi connectivity index (χ2n) is 9.77. The molecule has 0 saturated carbocycles. The van der Waals surface area contributed by atoms with Crippen LogP contribution in [-0.4, -0.2) is 51.1 Å². The Kier molecular flexibility index (Phi) is 8.22. The van der Waals surface area contributed by atoms with Crippen molar-refractivity contribution in [2.75, 3.05) is 19.0 Å². The number of nitrogens with zero attached hydrogens (tertiary/aromatic N) is 4. The maximum Gasteiger partial charge on any atom is 0.270 e. The molecule has 2 amide bonds. The third-order valence-corrected chi connectivity index (χ3v) is 5.97. The molecule has 0 atom stereocenters. The second-order valence-corrected chi connectivity index (χ2v) is 10.2. The number of benzene rings is 2. The Balaban J connectivity index is 1.88. The summed E-state index contributed by atoms with van der Waals surface area (Å²) in [5.41, 5.74) is 1.07. The summed E-state index contributed by atoms with van der Waals surface area (Å²) in [5.74, 6) is 0.192. The minimum Gasteiger partial charge on any atom is -0.497 e. The summed E-state index contributed by atoms with van der Waals surface area (Å²) in [7, 11) is 1.58. The number of ether oxygens (including phenoxy) is 1. The average Bonchev–Trinajstić information content (AvgIpc) is 3.26. The fraction of sp³-hybridized carbons (Fsp3) is 0.346. The fourth-order valence-electron chi connectivity index (χ4n) is 3.53. The predicted molar refractivity (Wildman–Crippen MR) is 142 cm³/mol. The number of halogens is 1. The number of carbonyl (C=O) groups is 2. The van der Waals surface area contributed by atoms with E-state index < -0.39 is 16.7 Å². The van der Waals surface area contributed by atoms with Crippen LogP contribution in [0.15, 0.2) is 48.5 Å². The van der Waals surface area contributed by atoms with Crippen LogP contribution >= 0.6 is 11.6 Å². The van der Waals surface area contributed by atoms with Gasteiger partial charge >= 0.3 is 0 Å². The first-order valence-electron chi connectivity index (χ1n) is 11.6. The number of rotatable bonds is 8. The van der Waals surface area contributed by atoms with E-state index in [4.69, 9.17) is 21.4 Å². The number of carbonyl (C=O) groups excluding carboxylic acids is 2. The Bertz CT molecular complexity index is 1310. The first kappa shape index (κ1) is 27.7. The Morgan fingerprint density at radius 1 is 1.16 bits per heavy atom. The lowest BCUT2D eigenvalue weighted by Gasteiger charge is -2.26. The zero-order chi connectivity index (χ0) is 27.5. The van der Waals surface area contributed by atoms with E-state index in [0.29, 0.717) is 11.6 Å². The molecule has 196 valence electrons. The molecule has 0 bridgehead atoms. The molecule has 0 aliphatic rings. The lowest BCUT2D eigenvalue weighted by atomic mass is 9.92. The van der Waals surface area contributed by atoms with Crippen LogP contribution in [0.25, 0.3) is 5.69 Å². The topological polar surface area (TPSA) is 120 Å². The smallest absolute Gasteiger partial charge is 0.270 e. The Hall–Kier alpha value is -3.92. The molecular weight excluding hydrogens is 498 g/mol. The Morgan fingerprint density at radius 2 is 1.81 bits per heavy atom. The van der Waals surface area contributed by atoms with E-state index in [1.54, 1.807) is 43.8 Å². The molecule has 0 radical (unpaired) electrons. The highest BCUT2D eigenvalue weighted by molar-refractivity contribution is 6.34. The number of nitrogens with one attached hydrogen (secondary N) is 1. The molecule has 0 aliphatic carbocycles. The lowest BCUT2D eigenvalue weighted by molar-refractivity contribution is -0.384. The summed E-state index contributed by atoms with van der Waals surface area (Å²) in [6.45, 7) is 9.33. The standard InChI is InChI=1S/C26H30ClN5O5/c1-16(2)30(25(34)20-12-9-18(32(35)36)13-21(20)27)15-24(33)28-23-14-22(26(3,4)5)29-31(23)17-7-10-19(37-6)11-8-17/h7-14,16H,15H2,1-6H3,(H,28,33). The van der Waals surface area contributed by atoms with Gasteiger partial charge in [-0.1, -0.05) is 32.4 Å². The van der Waals surface area contributed by atoms with Gasteiger partial charge in [-0.25, -0.2) is 4.68 Å². The SMILES string of the molecule is COc1ccc(-n2nc(C(C)(C)C)cc2NC(=O)CN(C(=O)c2ccc([N+](=O)[O-])cc2Cl)C(C)C)cc1. The molecule has 0 fully saturated rings. The van der Waals surface area contributed by atoms with Gasteiger partial charge in [0, 0.05) is 29.7 Å². The normalized spacial score (nSPS) is 11.4. The van der Waals surface area contributed by atoms with Crippen molar-refractivity contribution in [2.45, 2.75) is 46.1 Å². The fourth-order valence-corrected chi connectivity index (χ4v) is 3.78. The van der Waals surface area contributed by atoms with Crippen molar-refractivity contribution >= 4 is 34.9 Å². The van der Waals surface area contributed by atoms with Crippen molar-refractivity contribution in [3.8, 4) is 11.4 Å². The largest absolute Gasteiger partial charge is 0.497 e. The van der Waals surface area contributed by atoms with Crippen molar-refractivity contribution in [3.63, 3.8) is 0 Å². The zero-order valence-electron chi connectivity index (χ0n) is 21.6. The van der Waals surface area contributed by atoms with Crippen LogP contribution in [0.3, 0.4) is 0 Å². The summed E-state index contributed by atoms with van der Waals surface area (Å²) < 4.78 is 6.86. The third-order valence-electron chi connectivity index (χ3n) is 5.65. The summed E-state index contributed by atoms with van der Waals surface area (Å²) in [4.78, 5) is 38.1. The van der Waals surface area contributed by atoms with Crippen molar-refractivity contribution in [1.82, 2.24) is 14.7 Å². The molecule has 3 rings (SSSR count). The van der Waals surface area contributed by atoms with Crippen LogP contribution in [0.1, 0.15) is 50.7 Å². The molecule has 2 aromatic carbocycles. The highest BCUT2D eigenvalue weighted by Crippen LogP contribution is 2.28. The first-order valence-corrected chi connectivity index (χ1v) is 12.0. The number of non-ortho nitro benzene ring substituents is 1. The van der Waals surface area contributed by atoms with Crippen molar-refractivity contribution < 1.29 is 19.2 Å². The maximum absolute atomic E-state index is 13.2. The number of hydrogen-bond acceptors (Lipinski definition) is 6. The number of nitro groups is 1.